The fourth-order valence-electron chi connectivity index (χ4n) is 2.77. The molecular weight excluding hydrogens is 300 g/mol. The summed E-state index contributed by atoms with van der Waals surface area (Å²) in [5.41, 5.74) is 1.42. The standard InChI is InChI=1S/C16H25BrN2/c1-2-10-18-12-16-5-3-4-11-19(16)13-14-6-8-15(17)9-7-14/h6-9,16,18H,2-5,10-13H2,1H3. The first-order valence-corrected chi connectivity index (χ1v) is 8.28. The van der Waals surface area contributed by atoms with Crippen molar-refractivity contribution in [3.05, 3.63) is 34.3 Å². The Labute approximate surface area is 125 Å². The number of hydrogen-bond donors (Lipinski definition) is 1. The highest BCUT2D eigenvalue weighted by Crippen LogP contribution is 2.20. The highest BCUT2D eigenvalue weighted by atomic mass is 79.9. The van der Waals surface area contributed by atoms with Gasteiger partial charge in [0.25, 0.3) is 0 Å². The number of benzene rings is 1. The van der Waals surface area contributed by atoms with E-state index in [2.05, 4.69) is 57.3 Å². The van der Waals surface area contributed by atoms with Crippen LogP contribution in [0.1, 0.15) is 38.2 Å². The zero-order valence-corrected chi connectivity index (χ0v) is 13.5. The van der Waals surface area contributed by atoms with Crippen LogP contribution in [0.5, 0.6) is 0 Å². The van der Waals surface area contributed by atoms with E-state index in [0.717, 1.165) is 24.1 Å². The number of nitrogens with zero attached hydrogens (tertiary/aromatic N) is 1. The van der Waals surface area contributed by atoms with Crippen LogP contribution in [0.15, 0.2) is 28.7 Å². The maximum Gasteiger partial charge on any atom is 0.0237 e. The summed E-state index contributed by atoms with van der Waals surface area (Å²) in [5.74, 6) is 0. The average molecular weight is 325 g/mol. The Kier molecular flexibility index (Phi) is 6.35. The van der Waals surface area contributed by atoms with Crippen molar-refractivity contribution >= 4 is 15.9 Å². The van der Waals surface area contributed by atoms with Crippen molar-refractivity contribution < 1.29 is 0 Å². The van der Waals surface area contributed by atoms with Gasteiger partial charge in [-0.1, -0.05) is 41.4 Å². The molecular formula is C16H25BrN2. The van der Waals surface area contributed by atoms with Gasteiger partial charge in [0.15, 0.2) is 0 Å². The quantitative estimate of drug-likeness (QED) is 0.800. The second-order valence-corrected chi connectivity index (χ2v) is 6.37. The first kappa shape index (κ1) is 15.0. The largest absolute Gasteiger partial charge is 0.315 e. The summed E-state index contributed by atoms with van der Waals surface area (Å²) in [4.78, 5) is 2.65. The van der Waals surface area contributed by atoms with E-state index in [1.807, 2.05) is 0 Å². The van der Waals surface area contributed by atoms with E-state index >= 15 is 0 Å². The van der Waals surface area contributed by atoms with Gasteiger partial charge in [-0.25, -0.2) is 0 Å². The minimum atomic E-state index is 0.712. The molecule has 1 atom stereocenters. The minimum Gasteiger partial charge on any atom is -0.315 e. The lowest BCUT2D eigenvalue weighted by molar-refractivity contribution is 0.137. The molecule has 1 unspecified atom stereocenters. The van der Waals surface area contributed by atoms with Gasteiger partial charge in [0.2, 0.25) is 0 Å². The molecule has 1 N–H and O–H groups in total. The van der Waals surface area contributed by atoms with Crippen LogP contribution in [0.4, 0.5) is 0 Å². The zero-order valence-electron chi connectivity index (χ0n) is 11.9. The lowest BCUT2D eigenvalue weighted by Crippen LogP contribution is -2.45. The average Bonchev–Trinajstić information content (AvgIpc) is 2.43. The third-order valence-corrected chi connectivity index (χ3v) is 4.38. The monoisotopic (exact) mass is 324 g/mol. The first-order chi connectivity index (χ1) is 9.29. The van der Waals surface area contributed by atoms with Crippen molar-refractivity contribution in [3.63, 3.8) is 0 Å². The van der Waals surface area contributed by atoms with Gasteiger partial charge in [-0.05, 0) is 50.0 Å². The molecule has 1 aromatic carbocycles. The maximum atomic E-state index is 3.58. The Hall–Kier alpha value is -0.380. The molecule has 1 heterocycles. The van der Waals surface area contributed by atoms with E-state index in [9.17, 15) is 0 Å². The van der Waals surface area contributed by atoms with Crippen molar-refractivity contribution in [3.8, 4) is 0 Å². The molecule has 1 aliphatic rings. The fourth-order valence-corrected chi connectivity index (χ4v) is 3.03. The SMILES string of the molecule is CCCNCC1CCCCN1Cc1ccc(Br)cc1. The van der Waals surface area contributed by atoms with Crippen LogP contribution in [0.3, 0.4) is 0 Å². The molecule has 0 bridgehead atoms. The van der Waals surface area contributed by atoms with E-state index in [1.165, 1.54) is 37.8 Å². The smallest absolute Gasteiger partial charge is 0.0237 e. The third kappa shape index (κ3) is 4.90. The van der Waals surface area contributed by atoms with Crippen LogP contribution in [0.2, 0.25) is 0 Å². The van der Waals surface area contributed by atoms with Crippen molar-refractivity contribution in [2.24, 2.45) is 0 Å². The highest BCUT2D eigenvalue weighted by Gasteiger charge is 2.21. The van der Waals surface area contributed by atoms with E-state index in [4.69, 9.17) is 0 Å². The third-order valence-electron chi connectivity index (χ3n) is 3.85. The van der Waals surface area contributed by atoms with Gasteiger partial charge >= 0.3 is 0 Å². The molecule has 2 rings (SSSR count). The maximum absolute atomic E-state index is 3.58. The van der Waals surface area contributed by atoms with Crippen molar-refractivity contribution in [1.82, 2.24) is 10.2 Å². The molecule has 0 aliphatic carbocycles. The number of rotatable bonds is 6. The predicted molar refractivity (Wildman–Crippen MR) is 85.4 cm³/mol. The van der Waals surface area contributed by atoms with Gasteiger partial charge in [-0.2, -0.15) is 0 Å². The van der Waals surface area contributed by atoms with E-state index in [-0.39, 0.29) is 0 Å². The number of hydrogen-bond acceptors (Lipinski definition) is 2. The second kappa shape index (κ2) is 8.03. The van der Waals surface area contributed by atoms with Crippen LogP contribution in [-0.2, 0) is 6.54 Å². The summed E-state index contributed by atoms with van der Waals surface area (Å²) < 4.78 is 1.16. The van der Waals surface area contributed by atoms with Crippen LogP contribution in [-0.4, -0.2) is 30.6 Å². The van der Waals surface area contributed by atoms with E-state index in [0.29, 0.717) is 6.04 Å². The molecule has 106 valence electrons. The summed E-state index contributed by atoms with van der Waals surface area (Å²) in [7, 11) is 0. The predicted octanol–water partition coefficient (Wildman–Crippen LogP) is 3.80. The highest BCUT2D eigenvalue weighted by molar-refractivity contribution is 9.10. The molecule has 0 spiro atoms. The summed E-state index contributed by atoms with van der Waals surface area (Å²) in [6, 6.07) is 9.46. The topological polar surface area (TPSA) is 15.3 Å². The van der Waals surface area contributed by atoms with Gasteiger partial charge < -0.3 is 5.32 Å². The van der Waals surface area contributed by atoms with Crippen LogP contribution in [0, 0.1) is 0 Å². The van der Waals surface area contributed by atoms with Crippen LogP contribution in [0.25, 0.3) is 0 Å². The molecule has 0 saturated carbocycles. The Balaban J connectivity index is 1.89. The number of piperidine rings is 1. The van der Waals surface area contributed by atoms with Gasteiger partial charge in [-0.3, -0.25) is 4.90 Å². The summed E-state index contributed by atoms with van der Waals surface area (Å²) in [6.07, 6.45) is 5.29. The van der Waals surface area contributed by atoms with Gasteiger partial charge in [0, 0.05) is 23.6 Å². The van der Waals surface area contributed by atoms with Crippen molar-refractivity contribution in [2.75, 3.05) is 19.6 Å². The van der Waals surface area contributed by atoms with E-state index in [1.54, 1.807) is 0 Å². The molecule has 0 amide bonds. The zero-order chi connectivity index (χ0) is 13.5. The number of likely N-dealkylation sites (tertiary alicyclic amines) is 1. The lowest BCUT2D eigenvalue weighted by atomic mass is 10.0. The molecule has 1 fully saturated rings. The van der Waals surface area contributed by atoms with Crippen molar-refractivity contribution in [2.45, 2.75) is 45.2 Å². The Bertz CT molecular complexity index is 364. The van der Waals surface area contributed by atoms with E-state index < -0.39 is 0 Å². The second-order valence-electron chi connectivity index (χ2n) is 5.45. The minimum absolute atomic E-state index is 0.712. The molecule has 0 radical (unpaired) electrons. The molecule has 2 nitrogen and oxygen atoms in total. The lowest BCUT2D eigenvalue weighted by Gasteiger charge is -2.36. The number of nitrogens with one attached hydrogen (secondary N) is 1. The first-order valence-electron chi connectivity index (χ1n) is 7.49. The summed E-state index contributed by atoms with van der Waals surface area (Å²) in [5, 5.41) is 3.58. The van der Waals surface area contributed by atoms with Gasteiger partial charge in [0.1, 0.15) is 0 Å². The number of halogens is 1. The Morgan fingerprint density at radius 2 is 2.05 bits per heavy atom. The molecule has 0 aromatic heterocycles. The van der Waals surface area contributed by atoms with Gasteiger partial charge in [0.05, 0.1) is 0 Å². The summed E-state index contributed by atoms with van der Waals surface area (Å²) >= 11 is 3.50. The molecule has 1 saturated heterocycles. The van der Waals surface area contributed by atoms with Crippen LogP contribution < -0.4 is 5.32 Å². The Morgan fingerprint density at radius 1 is 1.26 bits per heavy atom. The van der Waals surface area contributed by atoms with Crippen LogP contribution >= 0.6 is 15.9 Å². The van der Waals surface area contributed by atoms with Crippen molar-refractivity contribution in [1.29, 1.82) is 0 Å². The fraction of sp³-hybridized carbons (Fsp3) is 0.625. The molecule has 19 heavy (non-hydrogen) atoms. The molecule has 3 heteroatoms. The molecule has 1 aliphatic heterocycles. The summed E-state index contributed by atoms with van der Waals surface area (Å²) in [6.45, 7) is 6.85. The molecule has 1 aromatic rings. The normalized spacial score (nSPS) is 20.6. The van der Waals surface area contributed by atoms with Gasteiger partial charge in [-0.15, -0.1) is 0 Å². The Morgan fingerprint density at radius 3 is 2.79 bits per heavy atom.